The summed E-state index contributed by atoms with van der Waals surface area (Å²) in [7, 11) is 0. The lowest BCUT2D eigenvalue weighted by molar-refractivity contribution is 0.102. The van der Waals surface area contributed by atoms with Gasteiger partial charge in [0, 0.05) is 41.8 Å². The molecule has 0 aliphatic carbocycles. The lowest BCUT2D eigenvalue weighted by atomic mass is 10.2. The predicted octanol–water partition coefficient (Wildman–Crippen LogP) is 4.85. The minimum absolute atomic E-state index is 0.272. The zero-order valence-electron chi connectivity index (χ0n) is 17.9. The Hall–Kier alpha value is -3.36. The highest BCUT2D eigenvalue weighted by Crippen LogP contribution is 2.28. The molecule has 6 nitrogen and oxygen atoms in total. The second-order valence-electron chi connectivity index (χ2n) is 7.70. The maximum Gasteiger partial charge on any atom is 0.256 e. The number of carbonyl (C=O) groups excluding carboxylic acids is 1. The van der Waals surface area contributed by atoms with Crippen molar-refractivity contribution in [3.8, 4) is 0 Å². The molecule has 1 saturated heterocycles. The quantitative estimate of drug-likeness (QED) is 0.415. The largest absolute Gasteiger partial charge is 0.378 e. The van der Waals surface area contributed by atoms with Crippen molar-refractivity contribution in [2.45, 2.75) is 10.6 Å². The molecule has 0 unspecified atom stereocenters. The predicted molar refractivity (Wildman–Crippen MR) is 129 cm³/mol. The number of aromatic nitrogens is 2. The first-order valence-electron chi connectivity index (χ1n) is 10.8. The van der Waals surface area contributed by atoms with E-state index < -0.39 is 0 Å². The molecule has 0 atom stereocenters. The Morgan fingerprint density at radius 1 is 1.09 bits per heavy atom. The maximum atomic E-state index is 14.7. The molecule has 168 valence electrons. The summed E-state index contributed by atoms with van der Waals surface area (Å²) in [5.41, 5.74) is 3.32. The number of amides is 1. The SMILES string of the molecule is O=C(Nc1ccc(N2CCOCC2)c(F)c1)c1ccccc1SCc1cn2ccccc2n1. The monoisotopic (exact) mass is 462 g/mol. The van der Waals surface area contributed by atoms with E-state index in [2.05, 4.69) is 10.3 Å². The van der Waals surface area contributed by atoms with Gasteiger partial charge in [0.25, 0.3) is 5.91 Å². The second-order valence-corrected chi connectivity index (χ2v) is 8.72. The third-order valence-corrected chi connectivity index (χ3v) is 6.59. The Bertz CT molecular complexity index is 1250. The first-order chi connectivity index (χ1) is 16.2. The van der Waals surface area contributed by atoms with Gasteiger partial charge in [0.15, 0.2) is 0 Å². The van der Waals surface area contributed by atoms with Gasteiger partial charge in [-0.15, -0.1) is 11.8 Å². The number of fused-ring (bicyclic) bond motifs is 1. The summed E-state index contributed by atoms with van der Waals surface area (Å²) in [5.74, 6) is 0.00492. The van der Waals surface area contributed by atoms with Gasteiger partial charge in [-0.2, -0.15) is 0 Å². The summed E-state index contributed by atoms with van der Waals surface area (Å²) >= 11 is 1.55. The summed E-state index contributed by atoms with van der Waals surface area (Å²) in [4.78, 5) is 20.4. The Balaban J connectivity index is 1.28. The molecule has 8 heteroatoms. The van der Waals surface area contributed by atoms with Crippen LogP contribution in [0.4, 0.5) is 15.8 Å². The summed E-state index contributed by atoms with van der Waals surface area (Å²) in [6.07, 6.45) is 3.95. The van der Waals surface area contributed by atoms with Crippen LogP contribution < -0.4 is 10.2 Å². The normalized spacial score (nSPS) is 13.9. The molecule has 0 saturated carbocycles. The number of anilines is 2. The zero-order valence-corrected chi connectivity index (χ0v) is 18.7. The zero-order chi connectivity index (χ0) is 22.6. The molecule has 2 aromatic carbocycles. The Kier molecular flexibility index (Phi) is 6.28. The molecule has 0 radical (unpaired) electrons. The molecule has 1 amide bonds. The summed E-state index contributed by atoms with van der Waals surface area (Å²) < 4.78 is 22.0. The standard InChI is InChI=1S/C25H23FN4O2S/c26-21-15-18(8-9-22(21)29-11-13-32-14-12-29)28-25(31)20-5-1-2-6-23(20)33-17-19-16-30-10-4-3-7-24(30)27-19/h1-10,15-16H,11-14,17H2,(H,28,31). The second kappa shape index (κ2) is 9.64. The van der Waals surface area contributed by atoms with E-state index >= 15 is 0 Å². The van der Waals surface area contributed by atoms with E-state index in [1.165, 1.54) is 6.07 Å². The van der Waals surface area contributed by atoms with Crippen molar-refractivity contribution in [1.82, 2.24) is 9.38 Å². The molecule has 33 heavy (non-hydrogen) atoms. The number of ether oxygens (including phenoxy) is 1. The van der Waals surface area contributed by atoms with Gasteiger partial charge in [-0.3, -0.25) is 4.79 Å². The molecule has 2 aromatic heterocycles. The molecule has 0 bridgehead atoms. The lowest BCUT2D eigenvalue weighted by Gasteiger charge is -2.29. The van der Waals surface area contributed by atoms with Crippen molar-refractivity contribution < 1.29 is 13.9 Å². The van der Waals surface area contributed by atoms with E-state index in [-0.39, 0.29) is 11.7 Å². The third kappa shape index (κ3) is 4.86. The number of imidazole rings is 1. The minimum atomic E-state index is -0.357. The number of hydrogen-bond acceptors (Lipinski definition) is 5. The van der Waals surface area contributed by atoms with Crippen LogP contribution in [0.5, 0.6) is 0 Å². The molecule has 1 aliphatic heterocycles. The number of thioether (sulfide) groups is 1. The number of pyridine rings is 1. The van der Waals surface area contributed by atoms with E-state index in [1.54, 1.807) is 30.0 Å². The molecule has 3 heterocycles. The number of nitrogens with zero attached hydrogens (tertiary/aromatic N) is 3. The van der Waals surface area contributed by atoms with Crippen molar-refractivity contribution >= 4 is 34.7 Å². The molecule has 0 spiro atoms. The minimum Gasteiger partial charge on any atom is -0.378 e. The van der Waals surface area contributed by atoms with Gasteiger partial charge in [0.1, 0.15) is 11.5 Å². The Morgan fingerprint density at radius 2 is 1.91 bits per heavy atom. The fourth-order valence-electron chi connectivity index (χ4n) is 3.83. The van der Waals surface area contributed by atoms with Crippen LogP contribution in [0.15, 0.2) is 78.0 Å². The van der Waals surface area contributed by atoms with Gasteiger partial charge >= 0.3 is 0 Å². The van der Waals surface area contributed by atoms with Crippen LogP contribution in [-0.4, -0.2) is 41.6 Å². The third-order valence-electron chi connectivity index (χ3n) is 5.48. The van der Waals surface area contributed by atoms with Crippen LogP contribution in [0.25, 0.3) is 5.65 Å². The molecular weight excluding hydrogens is 439 g/mol. The maximum absolute atomic E-state index is 14.7. The first-order valence-corrected chi connectivity index (χ1v) is 11.7. The van der Waals surface area contributed by atoms with E-state index in [0.29, 0.717) is 49.0 Å². The van der Waals surface area contributed by atoms with Gasteiger partial charge < -0.3 is 19.4 Å². The van der Waals surface area contributed by atoms with E-state index in [1.807, 2.05) is 58.1 Å². The van der Waals surface area contributed by atoms with Gasteiger partial charge in [-0.05, 0) is 42.5 Å². The molecular formula is C25H23FN4O2S. The van der Waals surface area contributed by atoms with Crippen molar-refractivity contribution in [1.29, 1.82) is 0 Å². The summed E-state index contributed by atoms with van der Waals surface area (Å²) in [6, 6.07) is 18.1. The Morgan fingerprint density at radius 3 is 2.73 bits per heavy atom. The highest BCUT2D eigenvalue weighted by Gasteiger charge is 2.17. The number of carbonyl (C=O) groups is 1. The van der Waals surface area contributed by atoms with Crippen LogP contribution in [-0.2, 0) is 10.5 Å². The number of nitrogens with one attached hydrogen (secondary N) is 1. The van der Waals surface area contributed by atoms with Gasteiger partial charge in [0.05, 0.1) is 30.2 Å². The fourth-order valence-corrected chi connectivity index (χ4v) is 4.77. The Labute approximate surface area is 195 Å². The first kappa shape index (κ1) is 21.5. The fraction of sp³-hybridized carbons (Fsp3) is 0.200. The molecule has 5 rings (SSSR count). The van der Waals surface area contributed by atoms with Crippen molar-refractivity contribution in [2.24, 2.45) is 0 Å². The number of halogens is 1. The van der Waals surface area contributed by atoms with Crippen molar-refractivity contribution in [2.75, 3.05) is 36.5 Å². The smallest absolute Gasteiger partial charge is 0.256 e. The van der Waals surface area contributed by atoms with Crippen LogP contribution in [0, 0.1) is 5.82 Å². The van der Waals surface area contributed by atoms with Gasteiger partial charge in [-0.1, -0.05) is 18.2 Å². The van der Waals surface area contributed by atoms with Gasteiger partial charge in [-0.25, -0.2) is 9.37 Å². The molecule has 1 aliphatic rings. The van der Waals surface area contributed by atoms with Crippen LogP contribution in [0.2, 0.25) is 0 Å². The van der Waals surface area contributed by atoms with E-state index in [9.17, 15) is 9.18 Å². The average molecular weight is 463 g/mol. The number of hydrogen-bond donors (Lipinski definition) is 1. The molecule has 1 fully saturated rings. The highest BCUT2D eigenvalue weighted by molar-refractivity contribution is 7.98. The van der Waals surface area contributed by atoms with Crippen molar-refractivity contribution in [3.63, 3.8) is 0 Å². The van der Waals surface area contributed by atoms with E-state index in [4.69, 9.17) is 4.74 Å². The van der Waals surface area contributed by atoms with Crippen molar-refractivity contribution in [3.05, 3.63) is 90.1 Å². The highest BCUT2D eigenvalue weighted by atomic mass is 32.2. The summed E-state index contributed by atoms with van der Waals surface area (Å²) in [5, 5.41) is 2.83. The van der Waals surface area contributed by atoms with Crippen LogP contribution in [0.1, 0.15) is 16.1 Å². The number of rotatable bonds is 6. The molecule has 1 N–H and O–H groups in total. The topological polar surface area (TPSA) is 58.9 Å². The number of benzene rings is 2. The lowest BCUT2D eigenvalue weighted by Crippen LogP contribution is -2.36. The van der Waals surface area contributed by atoms with Gasteiger partial charge in [0.2, 0.25) is 0 Å². The van der Waals surface area contributed by atoms with Crippen LogP contribution in [0.3, 0.4) is 0 Å². The number of morpholine rings is 1. The average Bonchev–Trinajstić information content (AvgIpc) is 3.27. The summed E-state index contributed by atoms with van der Waals surface area (Å²) in [6.45, 7) is 2.47. The van der Waals surface area contributed by atoms with Crippen LogP contribution >= 0.6 is 11.8 Å². The molecule has 4 aromatic rings. The van der Waals surface area contributed by atoms with E-state index in [0.717, 1.165) is 16.2 Å².